The van der Waals surface area contributed by atoms with Gasteiger partial charge in [0.05, 0.1) is 12.6 Å². The van der Waals surface area contributed by atoms with Crippen LogP contribution in [0.2, 0.25) is 0 Å². The molecule has 1 atom stereocenters. The van der Waals surface area contributed by atoms with Crippen LogP contribution in [0.3, 0.4) is 0 Å². The predicted molar refractivity (Wildman–Crippen MR) is 138 cm³/mol. The first-order valence-electron chi connectivity index (χ1n) is 10.6. The van der Waals surface area contributed by atoms with Gasteiger partial charge in [0.1, 0.15) is 0 Å². The average molecular weight is 548 g/mol. The monoisotopic (exact) mass is 548 g/mol. The number of amides is 2. The maximum absolute atomic E-state index is 12.4. The van der Waals surface area contributed by atoms with Crippen molar-refractivity contribution in [3.63, 3.8) is 0 Å². The van der Waals surface area contributed by atoms with Gasteiger partial charge in [-0.15, -0.1) is 24.0 Å². The zero-order chi connectivity index (χ0) is 21.6. The number of guanidine groups is 1. The molecule has 2 aliphatic heterocycles. The van der Waals surface area contributed by atoms with Crippen molar-refractivity contribution in [3.8, 4) is 0 Å². The van der Waals surface area contributed by atoms with E-state index < -0.39 is 0 Å². The number of nitrogens with one attached hydrogen (secondary N) is 3. The Kier molecular flexibility index (Phi) is 8.32. The van der Waals surface area contributed by atoms with Gasteiger partial charge in [-0.2, -0.15) is 0 Å². The summed E-state index contributed by atoms with van der Waals surface area (Å²) in [6, 6.07) is 17.9. The van der Waals surface area contributed by atoms with Crippen LogP contribution < -0.4 is 25.8 Å². The molecule has 2 heterocycles. The maximum atomic E-state index is 12.4. The van der Waals surface area contributed by atoms with Crippen molar-refractivity contribution < 1.29 is 9.59 Å². The molecule has 170 valence electrons. The minimum absolute atomic E-state index is 0. The maximum Gasteiger partial charge on any atom is 0.239 e. The van der Waals surface area contributed by atoms with Gasteiger partial charge in [-0.25, -0.2) is 0 Å². The number of carbonyl (C=O) groups is 2. The molecular weight excluding hydrogens is 519 g/mol. The lowest BCUT2D eigenvalue weighted by Gasteiger charge is -2.28. The van der Waals surface area contributed by atoms with Gasteiger partial charge in [0, 0.05) is 51.0 Å². The van der Waals surface area contributed by atoms with Gasteiger partial charge in [-0.1, -0.05) is 30.3 Å². The van der Waals surface area contributed by atoms with Crippen molar-refractivity contribution in [2.24, 2.45) is 4.99 Å². The molecule has 0 spiro atoms. The second-order valence-electron chi connectivity index (χ2n) is 7.75. The number of carbonyl (C=O) groups excluding carboxylic acids is 2. The molecule has 0 saturated carbocycles. The number of hydrogen-bond acceptors (Lipinski definition) is 4. The molecule has 2 aliphatic rings. The fourth-order valence-electron chi connectivity index (χ4n) is 3.92. The first-order valence-corrected chi connectivity index (χ1v) is 10.6. The molecule has 0 aromatic heterocycles. The highest BCUT2D eigenvalue weighted by Crippen LogP contribution is 2.21. The highest BCUT2D eigenvalue weighted by atomic mass is 127. The zero-order valence-corrected chi connectivity index (χ0v) is 20.4. The summed E-state index contributed by atoms with van der Waals surface area (Å²) in [6.07, 6.45) is 0.438. The largest absolute Gasteiger partial charge is 0.360 e. The lowest BCUT2D eigenvalue weighted by Crippen LogP contribution is -2.47. The van der Waals surface area contributed by atoms with E-state index in [4.69, 9.17) is 0 Å². The predicted octanol–water partition coefficient (Wildman–Crippen LogP) is 1.71. The van der Waals surface area contributed by atoms with Crippen LogP contribution in [0.5, 0.6) is 0 Å². The number of halogens is 1. The highest BCUT2D eigenvalue weighted by Gasteiger charge is 2.31. The molecule has 2 aromatic rings. The molecule has 8 nitrogen and oxygen atoms in total. The van der Waals surface area contributed by atoms with Crippen molar-refractivity contribution in [1.29, 1.82) is 0 Å². The molecule has 2 aromatic carbocycles. The number of piperazine rings is 1. The highest BCUT2D eigenvalue weighted by molar-refractivity contribution is 14.0. The van der Waals surface area contributed by atoms with E-state index in [1.54, 1.807) is 7.05 Å². The molecule has 2 saturated heterocycles. The summed E-state index contributed by atoms with van der Waals surface area (Å²) in [4.78, 5) is 32.2. The average Bonchev–Trinajstić information content (AvgIpc) is 3.17. The topological polar surface area (TPSA) is 89.1 Å². The van der Waals surface area contributed by atoms with Crippen LogP contribution in [-0.4, -0.2) is 57.0 Å². The third-order valence-electron chi connectivity index (χ3n) is 5.56. The second kappa shape index (κ2) is 11.2. The fraction of sp³-hybridized carbons (Fsp3) is 0.348. The number of para-hydroxylation sites is 1. The van der Waals surface area contributed by atoms with E-state index in [-0.39, 0.29) is 41.8 Å². The van der Waals surface area contributed by atoms with Crippen molar-refractivity contribution in [2.45, 2.75) is 19.0 Å². The van der Waals surface area contributed by atoms with Crippen LogP contribution in [0.4, 0.5) is 11.4 Å². The summed E-state index contributed by atoms with van der Waals surface area (Å²) in [6.45, 7) is 3.12. The Morgan fingerprint density at radius 1 is 1.09 bits per heavy atom. The van der Waals surface area contributed by atoms with Gasteiger partial charge in [-0.3, -0.25) is 14.6 Å². The van der Waals surface area contributed by atoms with Crippen LogP contribution in [0.15, 0.2) is 59.6 Å². The minimum atomic E-state index is 0. The Hall–Kier alpha value is -2.82. The van der Waals surface area contributed by atoms with Crippen LogP contribution >= 0.6 is 24.0 Å². The minimum Gasteiger partial charge on any atom is -0.360 e. The van der Waals surface area contributed by atoms with Gasteiger partial charge in [0.15, 0.2) is 5.96 Å². The summed E-state index contributed by atoms with van der Waals surface area (Å²) in [5, 5.41) is 9.52. The normalized spacial score (nSPS) is 18.8. The number of benzene rings is 2. The first kappa shape index (κ1) is 23.8. The van der Waals surface area contributed by atoms with E-state index >= 15 is 0 Å². The van der Waals surface area contributed by atoms with Crippen LogP contribution in [0.1, 0.15) is 12.0 Å². The lowest BCUT2D eigenvalue weighted by molar-refractivity contribution is -0.120. The molecule has 1 unspecified atom stereocenters. The standard InChI is InChI=1S/C23H28N6O2.HI/c1-24-23(27-18-13-22(31)29(15-18)20-5-3-2-4-6-20)26-14-17-7-9-19(10-8-17)28-12-11-25-21(30)16-28;/h2-10,18H,11-16H2,1H3,(H,25,30)(H2,24,26,27);1H. The van der Waals surface area contributed by atoms with Crippen LogP contribution in [0, 0.1) is 0 Å². The lowest BCUT2D eigenvalue weighted by atomic mass is 10.2. The molecule has 0 bridgehead atoms. The van der Waals surface area contributed by atoms with Gasteiger partial charge in [-0.05, 0) is 29.8 Å². The Bertz CT molecular complexity index is 951. The molecule has 9 heteroatoms. The molecule has 0 aliphatic carbocycles. The Balaban J connectivity index is 0.00000289. The number of anilines is 2. The van der Waals surface area contributed by atoms with E-state index in [0.717, 1.165) is 23.5 Å². The van der Waals surface area contributed by atoms with E-state index in [2.05, 4.69) is 38.0 Å². The fourth-order valence-corrected chi connectivity index (χ4v) is 3.92. The first-order chi connectivity index (χ1) is 15.1. The van der Waals surface area contributed by atoms with Crippen molar-refractivity contribution >= 4 is 53.1 Å². The Morgan fingerprint density at radius 3 is 2.53 bits per heavy atom. The smallest absolute Gasteiger partial charge is 0.239 e. The van der Waals surface area contributed by atoms with Crippen molar-refractivity contribution in [2.75, 3.05) is 43.0 Å². The SMILES string of the molecule is CN=C(NCc1ccc(N2CCNC(=O)C2)cc1)NC1CC(=O)N(c2ccccc2)C1.I. The number of aliphatic imine (C=N–C) groups is 1. The summed E-state index contributed by atoms with van der Waals surface area (Å²) in [5.41, 5.74) is 3.08. The molecule has 2 fully saturated rings. The van der Waals surface area contributed by atoms with Crippen LogP contribution in [0.25, 0.3) is 0 Å². The van der Waals surface area contributed by atoms with E-state index in [0.29, 0.717) is 38.6 Å². The van der Waals surface area contributed by atoms with Gasteiger partial charge >= 0.3 is 0 Å². The zero-order valence-electron chi connectivity index (χ0n) is 18.1. The summed E-state index contributed by atoms with van der Waals surface area (Å²) in [7, 11) is 1.73. The van der Waals surface area contributed by atoms with E-state index in [1.165, 1.54) is 0 Å². The van der Waals surface area contributed by atoms with Crippen molar-refractivity contribution in [1.82, 2.24) is 16.0 Å². The molecule has 4 rings (SSSR count). The summed E-state index contributed by atoms with van der Waals surface area (Å²) in [5.74, 6) is 0.841. The Labute approximate surface area is 205 Å². The Morgan fingerprint density at radius 2 is 1.84 bits per heavy atom. The quantitative estimate of drug-likeness (QED) is 0.301. The second-order valence-corrected chi connectivity index (χ2v) is 7.75. The van der Waals surface area contributed by atoms with E-state index in [1.807, 2.05) is 47.4 Å². The summed E-state index contributed by atoms with van der Waals surface area (Å²) < 4.78 is 0. The van der Waals surface area contributed by atoms with Gasteiger partial charge in [0.2, 0.25) is 11.8 Å². The number of hydrogen-bond donors (Lipinski definition) is 3. The number of rotatable bonds is 5. The van der Waals surface area contributed by atoms with Gasteiger partial charge in [0.25, 0.3) is 0 Å². The molecule has 2 amide bonds. The third kappa shape index (κ3) is 5.90. The van der Waals surface area contributed by atoms with Crippen LogP contribution in [-0.2, 0) is 16.1 Å². The molecule has 3 N–H and O–H groups in total. The number of nitrogens with zero attached hydrogens (tertiary/aromatic N) is 3. The third-order valence-corrected chi connectivity index (χ3v) is 5.56. The summed E-state index contributed by atoms with van der Waals surface area (Å²) >= 11 is 0. The molecule has 0 radical (unpaired) electrons. The molecular formula is C23H29IN6O2. The van der Waals surface area contributed by atoms with E-state index in [9.17, 15) is 9.59 Å². The molecule has 32 heavy (non-hydrogen) atoms. The van der Waals surface area contributed by atoms with Crippen molar-refractivity contribution in [3.05, 3.63) is 60.2 Å². The van der Waals surface area contributed by atoms with Gasteiger partial charge < -0.3 is 25.8 Å².